The maximum absolute atomic E-state index is 11.8. The summed E-state index contributed by atoms with van der Waals surface area (Å²) < 4.78 is 46.2. The molecule has 1 nitrogen and oxygen atoms in total. The lowest BCUT2D eigenvalue weighted by Crippen LogP contribution is -2.44. The van der Waals surface area contributed by atoms with E-state index in [4.69, 9.17) is 0 Å². The minimum Gasteiger partial charge on any atom is -0.318 e. The van der Waals surface area contributed by atoms with Gasteiger partial charge in [-0.2, -0.15) is 0 Å². The van der Waals surface area contributed by atoms with E-state index in [1.165, 1.54) is 0 Å². The van der Waals surface area contributed by atoms with Crippen LogP contribution in [-0.2, 0) is 0 Å². The maximum atomic E-state index is 11.8. The number of hydrogen-bond acceptors (Lipinski definition) is 1. The summed E-state index contributed by atoms with van der Waals surface area (Å²) in [6.07, 6.45) is -3.16. The van der Waals surface area contributed by atoms with E-state index < -0.39 is 18.4 Å². The highest BCUT2D eigenvalue weighted by molar-refractivity contribution is 4.77. The Hall–Kier alpha value is -0.320. The Bertz CT molecular complexity index is 87.1. The quantitative estimate of drug-likeness (QED) is 0.581. The largest absolute Gasteiger partial charge is 0.318 e. The minimum absolute atomic E-state index is 0.365. The van der Waals surface area contributed by atoms with Gasteiger partial charge in [0.1, 0.15) is 6.04 Å². The van der Waals surface area contributed by atoms with Gasteiger partial charge in [0.25, 0.3) is 12.3 Å². The molecule has 0 aliphatic heterocycles. The number of alkyl halides is 4. The third kappa shape index (κ3) is 2.64. The van der Waals surface area contributed by atoms with E-state index in [1.54, 1.807) is 0 Å². The summed E-state index contributed by atoms with van der Waals surface area (Å²) >= 11 is 0. The third-order valence-corrected chi connectivity index (χ3v) is 0.857. The Kier molecular flexibility index (Phi) is 2.42. The lowest BCUT2D eigenvalue weighted by molar-refractivity contribution is -0.0603. The van der Waals surface area contributed by atoms with Crippen molar-refractivity contribution in [2.45, 2.75) is 25.3 Å². The summed E-state index contributed by atoms with van der Waals surface area (Å²) in [5.41, 5.74) is 4.39. The zero-order chi connectivity index (χ0) is 7.65. The van der Waals surface area contributed by atoms with E-state index in [9.17, 15) is 17.6 Å². The minimum atomic E-state index is -3.49. The second-order valence-corrected chi connectivity index (χ2v) is 1.82. The number of rotatable bonds is 2. The topological polar surface area (TPSA) is 26.0 Å². The normalized spacial score (nSPS) is 16.3. The molecule has 0 aromatic carbocycles. The predicted octanol–water partition coefficient (Wildman–Crippen LogP) is 1.23. The van der Waals surface area contributed by atoms with Crippen molar-refractivity contribution < 1.29 is 17.6 Å². The molecule has 0 spiro atoms. The molecule has 9 heavy (non-hydrogen) atoms. The molecule has 0 saturated carbocycles. The summed E-state index contributed by atoms with van der Waals surface area (Å²) in [5.74, 6) is -3.49. The first-order chi connectivity index (χ1) is 3.85. The molecule has 0 fully saturated rings. The molecule has 0 saturated heterocycles. The summed E-state index contributed by atoms with van der Waals surface area (Å²) in [6.45, 7) is 0.365. The average molecular weight is 145 g/mol. The Morgan fingerprint density at radius 3 is 1.67 bits per heavy atom. The molecule has 1 atom stereocenters. The summed E-state index contributed by atoms with van der Waals surface area (Å²) in [7, 11) is 0. The Morgan fingerprint density at radius 1 is 1.33 bits per heavy atom. The second kappa shape index (κ2) is 2.51. The number of hydrogen-bond donors (Lipinski definition) is 1. The van der Waals surface area contributed by atoms with Crippen LogP contribution in [-0.4, -0.2) is 18.4 Å². The van der Waals surface area contributed by atoms with Crippen molar-refractivity contribution in [1.29, 1.82) is 0 Å². The van der Waals surface area contributed by atoms with Crippen LogP contribution in [0.4, 0.5) is 17.6 Å². The van der Waals surface area contributed by atoms with Crippen molar-refractivity contribution >= 4 is 0 Å². The fraction of sp³-hybridized carbons (Fsp3) is 1.00. The number of nitrogens with two attached hydrogens (primary N) is 1. The molecule has 1 unspecified atom stereocenters. The van der Waals surface area contributed by atoms with Gasteiger partial charge in [-0.3, -0.25) is 0 Å². The molecule has 2 N–H and O–H groups in total. The van der Waals surface area contributed by atoms with Crippen molar-refractivity contribution in [2.75, 3.05) is 0 Å². The van der Waals surface area contributed by atoms with E-state index in [2.05, 4.69) is 5.73 Å². The van der Waals surface area contributed by atoms with Crippen LogP contribution in [0.3, 0.4) is 0 Å². The van der Waals surface area contributed by atoms with E-state index in [0.29, 0.717) is 6.92 Å². The van der Waals surface area contributed by atoms with Crippen molar-refractivity contribution in [1.82, 2.24) is 0 Å². The van der Waals surface area contributed by atoms with Crippen molar-refractivity contribution in [3.63, 3.8) is 0 Å². The first-order valence-corrected chi connectivity index (χ1v) is 2.27. The Morgan fingerprint density at radius 2 is 1.67 bits per heavy atom. The van der Waals surface area contributed by atoms with E-state index in [0.717, 1.165) is 0 Å². The highest BCUT2D eigenvalue weighted by Crippen LogP contribution is 2.19. The van der Waals surface area contributed by atoms with Gasteiger partial charge in [-0.25, -0.2) is 17.6 Å². The van der Waals surface area contributed by atoms with Crippen LogP contribution < -0.4 is 5.73 Å². The molecule has 0 radical (unpaired) electrons. The van der Waals surface area contributed by atoms with E-state index in [1.807, 2.05) is 0 Å². The third-order valence-electron chi connectivity index (χ3n) is 0.857. The molecule has 0 aliphatic rings. The molecule has 0 aliphatic carbocycles. The van der Waals surface area contributed by atoms with Gasteiger partial charge in [-0.15, -0.1) is 0 Å². The van der Waals surface area contributed by atoms with Gasteiger partial charge in [0.2, 0.25) is 0 Å². The van der Waals surface area contributed by atoms with Gasteiger partial charge >= 0.3 is 0 Å². The molecule has 0 rings (SSSR count). The SMILES string of the molecule is CC(F)(F)C(N)C(F)F. The van der Waals surface area contributed by atoms with Crippen LogP contribution in [0.1, 0.15) is 6.92 Å². The summed E-state index contributed by atoms with van der Waals surface area (Å²) in [4.78, 5) is 0. The zero-order valence-corrected chi connectivity index (χ0v) is 4.74. The highest BCUT2D eigenvalue weighted by atomic mass is 19.3. The highest BCUT2D eigenvalue weighted by Gasteiger charge is 2.37. The van der Waals surface area contributed by atoms with Gasteiger partial charge in [0, 0.05) is 6.92 Å². The molecule has 5 heteroatoms. The molecular weight excluding hydrogens is 138 g/mol. The lowest BCUT2D eigenvalue weighted by Gasteiger charge is -2.17. The monoisotopic (exact) mass is 145 g/mol. The van der Waals surface area contributed by atoms with Crippen molar-refractivity contribution in [3.05, 3.63) is 0 Å². The summed E-state index contributed by atoms with van der Waals surface area (Å²) in [5, 5.41) is 0. The molecule has 0 heterocycles. The molecule has 56 valence electrons. The molecule has 0 bridgehead atoms. The van der Waals surface area contributed by atoms with Gasteiger partial charge in [-0.1, -0.05) is 0 Å². The molecule has 0 aromatic heterocycles. The van der Waals surface area contributed by atoms with Crippen molar-refractivity contribution in [3.8, 4) is 0 Å². The smallest absolute Gasteiger partial charge is 0.265 e. The predicted molar refractivity (Wildman–Crippen MR) is 24.6 cm³/mol. The maximum Gasteiger partial charge on any atom is 0.265 e. The van der Waals surface area contributed by atoms with Gasteiger partial charge in [0.05, 0.1) is 0 Å². The fourth-order valence-corrected chi connectivity index (χ4v) is 0.221. The van der Waals surface area contributed by atoms with Gasteiger partial charge in [-0.05, 0) is 0 Å². The van der Waals surface area contributed by atoms with Crippen LogP contribution >= 0.6 is 0 Å². The van der Waals surface area contributed by atoms with Crippen LogP contribution in [0.25, 0.3) is 0 Å². The molecule has 0 aromatic rings. The molecular formula is C4H7F4N. The summed E-state index contributed by atoms with van der Waals surface area (Å²) in [6, 6.07) is -2.35. The van der Waals surface area contributed by atoms with Crippen LogP contribution in [0.15, 0.2) is 0 Å². The molecule has 0 amide bonds. The van der Waals surface area contributed by atoms with Crippen LogP contribution in [0, 0.1) is 0 Å². The van der Waals surface area contributed by atoms with Crippen LogP contribution in [0.5, 0.6) is 0 Å². The Labute approximate surface area is 49.8 Å². The first kappa shape index (κ1) is 8.68. The Balaban J connectivity index is 3.88. The first-order valence-electron chi connectivity index (χ1n) is 2.27. The average Bonchev–Trinajstić information content (AvgIpc) is 1.62. The second-order valence-electron chi connectivity index (χ2n) is 1.82. The van der Waals surface area contributed by atoms with Crippen molar-refractivity contribution in [2.24, 2.45) is 5.73 Å². The van der Waals surface area contributed by atoms with E-state index >= 15 is 0 Å². The zero-order valence-electron chi connectivity index (χ0n) is 4.74. The van der Waals surface area contributed by atoms with Gasteiger partial charge in [0.15, 0.2) is 0 Å². The standard InChI is InChI=1S/C4H7F4N/c1-4(7,8)2(9)3(5)6/h2-3H,9H2,1H3. The van der Waals surface area contributed by atoms with Crippen LogP contribution in [0.2, 0.25) is 0 Å². The fourth-order valence-electron chi connectivity index (χ4n) is 0.221. The van der Waals surface area contributed by atoms with E-state index in [-0.39, 0.29) is 0 Å². The van der Waals surface area contributed by atoms with Gasteiger partial charge < -0.3 is 5.73 Å². The lowest BCUT2D eigenvalue weighted by atomic mass is 10.2. The number of halogens is 4.